The molecule has 0 radical (unpaired) electrons. The smallest absolute Gasteiger partial charge is 0.317 e. The highest BCUT2D eigenvalue weighted by atomic mass is 16.2. The minimum absolute atomic E-state index is 0.0659. The van der Waals surface area contributed by atoms with Gasteiger partial charge in [-0.2, -0.15) is 0 Å². The van der Waals surface area contributed by atoms with Gasteiger partial charge in [0.1, 0.15) is 0 Å². The molecule has 0 aromatic heterocycles. The van der Waals surface area contributed by atoms with Crippen molar-refractivity contribution in [3.05, 3.63) is 35.4 Å². The van der Waals surface area contributed by atoms with Gasteiger partial charge in [-0.1, -0.05) is 24.3 Å². The molecule has 0 atom stereocenters. The van der Waals surface area contributed by atoms with Crippen LogP contribution in [0.4, 0.5) is 4.79 Å². The number of urea groups is 1. The van der Waals surface area contributed by atoms with E-state index in [-0.39, 0.29) is 11.6 Å². The number of hydrogen-bond acceptors (Lipinski definition) is 2. The Labute approximate surface area is 127 Å². The molecule has 1 N–H and O–H groups in total. The van der Waals surface area contributed by atoms with Gasteiger partial charge in [0.05, 0.1) is 0 Å². The Bertz CT molecular complexity index is 529. The van der Waals surface area contributed by atoms with Crippen molar-refractivity contribution in [1.29, 1.82) is 0 Å². The fraction of sp³-hybridized carbons (Fsp3) is 0.588. The lowest BCUT2D eigenvalue weighted by Gasteiger charge is -2.47. The van der Waals surface area contributed by atoms with E-state index >= 15 is 0 Å². The second kappa shape index (κ2) is 5.34. The van der Waals surface area contributed by atoms with E-state index in [0.717, 1.165) is 32.6 Å². The van der Waals surface area contributed by atoms with Crippen LogP contribution < -0.4 is 5.32 Å². The molecule has 3 rings (SSSR count). The molecule has 2 amide bonds. The summed E-state index contributed by atoms with van der Waals surface area (Å²) in [5.41, 5.74) is 2.77. The summed E-state index contributed by atoms with van der Waals surface area (Å²) in [5.74, 6) is 0. The number of fused-ring (bicyclic) bond motifs is 1. The minimum atomic E-state index is -0.160. The molecule has 114 valence electrons. The first-order valence-electron chi connectivity index (χ1n) is 7.80. The van der Waals surface area contributed by atoms with Gasteiger partial charge >= 0.3 is 6.03 Å². The molecule has 4 nitrogen and oxygen atoms in total. The van der Waals surface area contributed by atoms with Crippen LogP contribution in [-0.4, -0.2) is 47.0 Å². The van der Waals surface area contributed by atoms with Crippen LogP contribution >= 0.6 is 0 Å². The van der Waals surface area contributed by atoms with Crippen molar-refractivity contribution in [2.24, 2.45) is 0 Å². The van der Waals surface area contributed by atoms with Crippen molar-refractivity contribution in [1.82, 2.24) is 15.1 Å². The number of amides is 2. The molecular formula is C17H25N3O. The van der Waals surface area contributed by atoms with Crippen LogP contribution in [0.3, 0.4) is 0 Å². The summed E-state index contributed by atoms with van der Waals surface area (Å²) in [6.07, 6.45) is 1.13. The average Bonchev–Trinajstić information content (AvgIpc) is 2.34. The third kappa shape index (κ3) is 3.21. The molecule has 1 aromatic carbocycles. The zero-order valence-electron chi connectivity index (χ0n) is 13.2. The number of likely N-dealkylation sites (tertiary alicyclic amines) is 1. The maximum absolute atomic E-state index is 12.1. The fourth-order valence-electron chi connectivity index (χ4n) is 3.08. The molecule has 1 fully saturated rings. The van der Waals surface area contributed by atoms with E-state index in [1.54, 1.807) is 0 Å². The van der Waals surface area contributed by atoms with Crippen LogP contribution in [0.5, 0.6) is 0 Å². The second-order valence-corrected chi connectivity index (χ2v) is 7.23. The van der Waals surface area contributed by atoms with Crippen molar-refractivity contribution in [2.45, 2.75) is 45.3 Å². The lowest BCUT2D eigenvalue weighted by molar-refractivity contribution is 0.0463. The molecule has 2 aliphatic rings. The Morgan fingerprint density at radius 2 is 1.86 bits per heavy atom. The van der Waals surface area contributed by atoms with Gasteiger partial charge in [0, 0.05) is 37.8 Å². The standard InChI is InChI=1S/C17H25N3O/c1-17(2,3)18-16(21)20-11-15(12-20)19-9-8-13-6-4-5-7-14(13)10-19/h4-7,15H,8-12H2,1-3H3,(H,18,21). The molecule has 0 bridgehead atoms. The maximum Gasteiger partial charge on any atom is 0.317 e. The first-order chi connectivity index (χ1) is 9.92. The number of carbonyl (C=O) groups is 1. The molecule has 1 saturated heterocycles. The van der Waals surface area contributed by atoms with Crippen molar-refractivity contribution in [2.75, 3.05) is 19.6 Å². The highest BCUT2D eigenvalue weighted by Crippen LogP contribution is 2.24. The Morgan fingerprint density at radius 3 is 2.52 bits per heavy atom. The second-order valence-electron chi connectivity index (χ2n) is 7.23. The summed E-state index contributed by atoms with van der Waals surface area (Å²) in [4.78, 5) is 16.5. The lowest BCUT2D eigenvalue weighted by Crippen LogP contribution is -2.64. The van der Waals surface area contributed by atoms with Crippen LogP contribution in [0.15, 0.2) is 24.3 Å². The van der Waals surface area contributed by atoms with Gasteiger partial charge in [-0.05, 0) is 38.3 Å². The molecule has 0 spiro atoms. The normalized spacial score (nSPS) is 19.9. The number of benzene rings is 1. The SMILES string of the molecule is CC(C)(C)NC(=O)N1CC(N2CCc3ccccc3C2)C1. The molecule has 2 aliphatic heterocycles. The monoisotopic (exact) mass is 287 g/mol. The van der Waals surface area contributed by atoms with Crippen LogP contribution in [-0.2, 0) is 13.0 Å². The van der Waals surface area contributed by atoms with Gasteiger partial charge in [-0.3, -0.25) is 4.90 Å². The summed E-state index contributed by atoms with van der Waals surface area (Å²) < 4.78 is 0. The molecular weight excluding hydrogens is 262 g/mol. The predicted molar refractivity (Wildman–Crippen MR) is 84.2 cm³/mol. The summed E-state index contributed by atoms with van der Waals surface area (Å²) in [6, 6.07) is 9.28. The van der Waals surface area contributed by atoms with Crippen LogP contribution in [0.1, 0.15) is 31.9 Å². The zero-order chi connectivity index (χ0) is 15.0. The molecule has 0 unspecified atom stereocenters. The van der Waals surface area contributed by atoms with E-state index in [1.807, 2.05) is 25.7 Å². The van der Waals surface area contributed by atoms with E-state index < -0.39 is 0 Å². The van der Waals surface area contributed by atoms with Gasteiger partial charge in [0.25, 0.3) is 0 Å². The van der Waals surface area contributed by atoms with Crippen molar-refractivity contribution >= 4 is 6.03 Å². The summed E-state index contributed by atoms with van der Waals surface area (Å²) in [5, 5.41) is 3.03. The molecule has 0 aliphatic carbocycles. The van der Waals surface area contributed by atoms with Gasteiger partial charge < -0.3 is 10.2 Å². The first kappa shape index (κ1) is 14.4. The van der Waals surface area contributed by atoms with E-state index in [0.29, 0.717) is 6.04 Å². The van der Waals surface area contributed by atoms with Crippen molar-refractivity contribution in [3.8, 4) is 0 Å². The lowest BCUT2D eigenvalue weighted by atomic mass is 9.96. The fourth-order valence-corrected chi connectivity index (χ4v) is 3.08. The molecule has 0 saturated carbocycles. The molecule has 2 heterocycles. The van der Waals surface area contributed by atoms with Crippen LogP contribution in [0.2, 0.25) is 0 Å². The van der Waals surface area contributed by atoms with Crippen LogP contribution in [0, 0.1) is 0 Å². The number of rotatable bonds is 1. The molecule has 1 aromatic rings. The third-order valence-electron chi connectivity index (χ3n) is 4.31. The molecule has 21 heavy (non-hydrogen) atoms. The predicted octanol–water partition coefficient (Wildman–Crippen LogP) is 2.24. The Balaban J connectivity index is 1.52. The highest BCUT2D eigenvalue weighted by molar-refractivity contribution is 5.76. The summed E-state index contributed by atoms with van der Waals surface area (Å²) in [7, 11) is 0. The van der Waals surface area contributed by atoms with Gasteiger partial charge in [-0.15, -0.1) is 0 Å². The Morgan fingerprint density at radius 1 is 1.19 bits per heavy atom. The summed E-state index contributed by atoms with van der Waals surface area (Å²) in [6.45, 7) is 9.89. The topological polar surface area (TPSA) is 35.6 Å². The number of hydrogen-bond donors (Lipinski definition) is 1. The number of nitrogens with zero attached hydrogens (tertiary/aromatic N) is 2. The van der Waals surface area contributed by atoms with E-state index in [9.17, 15) is 4.79 Å². The molecule has 4 heteroatoms. The maximum atomic E-state index is 12.1. The zero-order valence-corrected chi connectivity index (χ0v) is 13.2. The Hall–Kier alpha value is -1.55. The summed E-state index contributed by atoms with van der Waals surface area (Å²) >= 11 is 0. The van der Waals surface area contributed by atoms with Crippen LogP contribution in [0.25, 0.3) is 0 Å². The third-order valence-corrected chi connectivity index (χ3v) is 4.31. The van der Waals surface area contributed by atoms with Gasteiger partial charge in [0.2, 0.25) is 0 Å². The van der Waals surface area contributed by atoms with E-state index in [2.05, 4.69) is 34.5 Å². The van der Waals surface area contributed by atoms with Crippen molar-refractivity contribution < 1.29 is 4.79 Å². The van der Waals surface area contributed by atoms with E-state index in [1.165, 1.54) is 11.1 Å². The minimum Gasteiger partial charge on any atom is -0.333 e. The quantitative estimate of drug-likeness (QED) is 0.860. The number of nitrogens with one attached hydrogen (secondary N) is 1. The first-order valence-corrected chi connectivity index (χ1v) is 7.80. The number of carbonyl (C=O) groups excluding carboxylic acids is 1. The average molecular weight is 287 g/mol. The van der Waals surface area contributed by atoms with Gasteiger partial charge in [0.15, 0.2) is 0 Å². The largest absolute Gasteiger partial charge is 0.333 e. The van der Waals surface area contributed by atoms with E-state index in [4.69, 9.17) is 0 Å². The highest BCUT2D eigenvalue weighted by Gasteiger charge is 2.36. The Kier molecular flexibility index (Phi) is 3.66. The van der Waals surface area contributed by atoms with Gasteiger partial charge in [-0.25, -0.2) is 4.79 Å². The van der Waals surface area contributed by atoms with Crippen molar-refractivity contribution in [3.63, 3.8) is 0 Å².